The first-order valence-electron chi connectivity index (χ1n) is 6.55. The monoisotopic (exact) mass is 316 g/mol. The summed E-state index contributed by atoms with van der Waals surface area (Å²) >= 11 is 5.98. The third-order valence-electron chi connectivity index (χ3n) is 3.46. The maximum absolute atomic E-state index is 11.9. The van der Waals surface area contributed by atoms with Crippen molar-refractivity contribution in [1.82, 2.24) is 0 Å². The SMILES string of the molecule is Cc1ccc(C(=O)OC[C@H]2CCCCS2(=O)=O)c(Cl)c1. The second-order valence-corrected chi connectivity index (χ2v) is 7.87. The van der Waals surface area contributed by atoms with Gasteiger partial charge in [0.15, 0.2) is 9.84 Å². The molecule has 1 aliphatic heterocycles. The summed E-state index contributed by atoms with van der Waals surface area (Å²) in [4.78, 5) is 11.9. The van der Waals surface area contributed by atoms with Gasteiger partial charge in [-0.3, -0.25) is 0 Å². The number of halogens is 1. The fourth-order valence-corrected chi connectivity index (χ4v) is 4.29. The number of ether oxygens (including phenoxy) is 1. The van der Waals surface area contributed by atoms with Gasteiger partial charge in [-0.05, 0) is 37.5 Å². The van der Waals surface area contributed by atoms with Crippen molar-refractivity contribution < 1.29 is 17.9 Å². The molecule has 6 heteroatoms. The summed E-state index contributed by atoms with van der Waals surface area (Å²) < 4.78 is 28.8. The normalized spacial score (nSPS) is 21.4. The summed E-state index contributed by atoms with van der Waals surface area (Å²) in [5.74, 6) is -0.392. The zero-order chi connectivity index (χ0) is 14.8. The molecule has 1 fully saturated rings. The molecule has 1 saturated heterocycles. The Labute approximate surface area is 124 Å². The molecule has 0 amide bonds. The van der Waals surface area contributed by atoms with Crippen LogP contribution in [0.15, 0.2) is 18.2 Å². The van der Waals surface area contributed by atoms with Crippen molar-refractivity contribution in [2.45, 2.75) is 31.4 Å². The van der Waals surface area contributed by atoms with Gasteiger partial charge in [0.2, 0.25) is 0 Å². The Hall–Kier alpha value is -1.07. The van der Waals surface area contributed by atoms with Crippen LogP contribution in [0.3, 0.4) is 0 Å². The van der Waals surface area contributed by atoms with Crippen LogP contribution >= 0.6 is 11.6 Å². The van der Waals surface area contributed by atoms with Crippen LogP contribution in [0, 0.1) is 6.92 Å². The Kier molecular flexibility index (Phi) is 4.70. The van der Waals surface area contributed by atoms with Gasteiger partial charge >= 0.3 is 5.97 Å². The Balaban J connectivity index is 2.02. The molecule has 1 atom stereocenters. The highest BCUT2D eigenvalue weighted by Crippen LogP contribution is 2.22. The molecule has 0 bridgehead atoms. The van der Waals surface area contributed by atoms with E-state index in [0.29, 0.717) is 17.9 Å². The van der Waals surface area contributed by atoms with Crippen LogP contribution in [0.5, 0.6) is 0 Å². The van der Waals surface area contributed by atoms with Crippen LogP contribution in [0.4, 0.5) is 0 Å². The van der Waals surface area contributed by atoms with Crippen molar-refractivity contribution >= 4 is 27.4 Å². The number of carbonyl (C=O) groups excluding carboxylic acids is 1. The summed E-state index contributed by atoms with van der Waals surface area (Å²) in [5.41, 5.74) is 1.21. The highest BCUT2D eigenvalue weighted by Gasteiger charge is 2.30. The van der Waals surface area contributed by atoms with Gasteiger partial charge in [-0.2, -0.15) is 0 Å². The lowest BCUT2D eigenvalue weighted by molar-refractivity contribution is 0.0500. The van der Waals surface area contributed by atoms with Crippen LogP contribution < -0.4 is 0 Å². The summed E-state index contributed by atoms with van der Waals surface area (Å²) in [6.07, 6.45) is 2.10. The summed E-state index contributed by atoms with van der Waals surface area (Å²) in [6.45, 7) is 1.78. The Morgan fingerprint density at radius 3 is 2.80 bits per heavy atom. The number of sulfone groups is 1. The molecule has 2 rings (SSSR count). The molecule has 0 spiro atoms. The second-order valence-electron chi connectivity index (χ2n) is 5.07. The molecule has 0 N–H and O–H groups in total. The van der Waals surface area contributed by atoms with Gasteiger partial charge in [-0.25, -0.2) is 13.2 Å². The third kappa shape index (κ3) is 3.52. The number of rotatable bonds is 3. The van der Waals surface area contributed by atoms with E-state index in [9.17, 15) is 13.2 Å². The van der Waals surface area contributed by atoms with E-state index >= 15 is 0 Å². The van der Waals surface area contributed by atoms with E-state index in [4.69, 9.17) is 16.3 Å². The molecule has 0 aromatic heterocycles. The van der Waals surface area contributed by atoms with Crippen LogP contribution in [-0.4, -0.2) is 32.0 Å². The molecule has 1 heterocycles. The highest BCUT2D eigenvalue weighted by molar-refractivity contribution is 7.92. The zero-order valence-corrected chi connectivity index (χ0v) is 12.8. The first kappa shape index (κ1) is 15.3. The Morgan fingerprint density at radius 1 is 1.40 bits per heavy atom. The van der Waals surface area contributed by atoms with E-state index in [1.165, 1.54) is 0 Å². The molecule has 0 unspecified atom stereocenters. The van der Waals surface area contributed by atoms with Gasteiger partial charge in [-0.1, -0.05) is 24.1 Å². The summed E-state index contributed by atoms with van der Waals surface area (Å²) in [6, 6.07) is 5.03. The van der Waals surface area contributed by atoms with E-state index in [2.05, 4.69) is 0 Å². The van der Waals surface area contributed by atoms with Crippen molar-refractivity contribution in [3.05, 3.63) is 34.3 Å². The molecular formula is C14H17ClO4S. The smallest absolute Gasteiger partial charge is 0.339 e. The van der Waals surface area contributed by atoms with Crippen LogP contribution in [0.25, 0.3) is 0 Å². The summed E-state index contributed by atoms with van der Waals surface area (Å²) in [5, 5.41) is -0.258. The number of hydrogen-bond acceptors (Lipinski definition) is 4. The van der Waals surface area contributed by atoms with Crippen LogP contribution in [0.2, 0.25) is 5.02 Å². The predicted octanol–water partition coefficient (Wildman–Crippen LogP) is 2.77. The van der Waals surface area contributed by atoms with Crippen molar-refractivity contribution in [1.29, 1.82) is 0 Å². The molecule has 4 nitrogen and oxygen atoms in total. The van der Waals surface area contributed by atoms with Gasteiger partial charge in [-0.15, -0.1) is 0 Å². The van der Waals surface area contributed by atoms with Crippen molar-refractivity contribution in [3.63, 3.8) is 0 Å². The summed E-state index contributed by atoms with van der Waals surface area (Å²) in [7, 11) is -3.13. The maximum Gasteiger partial charge on any atom is 0.339 e. The minimum absolute atomic E-state index is 0.0919. The minimum Gasteiger partial charge on any atom is -0.461 e. The molecule has 110 valence electrons. The lowest BCUT2D eigenvalue weighted by atomic mass is 10.1. The van der Waals surface area contributed by atoms with E-state index < -0.39 is 21.1 Å². The molecule has 20 heavy (non-hydrogen) atoms. The van der Waals surface area contributed by atoms with Gasteiger partial charge in [0.05, 0.1) is 21.6 Å². The lowest BCUT2D eigenvalue weighted by Gasteiger charge is -2.21. The van der Waals surface area contributed by atoms with Gasteiger partial charge < -0.3 is 4.74 Å². The molecular weight excluding hydrogens is 300 g/mol. The predicted molar refractivity (Wildman–Crippen MR) is 77.9 cm³/mol. The second kappa shape index (κ2) is 6.14. The fraction of sp³-hybridized carbons (Fsp3) is 0.500. The topological polar surface area (TPSA) is 60.4 Å². The molecule has 1 aromatic rings. The molecule has 1 aliphatic rings. The van der Waals surface area contributed by atoms with E-state index in [-0.39, 0.29) is 17.9 Å². The van der Waals surface area contributed by atoms with Crippen molar-refractivity contribution in [3.8, 4) is 0 Å². The Morgan fingerprint density at radius 2 is 2.15 bits per heavy atom. The number of esters is 1. The molecule has 0 radical (unpaired) electrons. The van der Waals surface area contributed by atoms with E-state index in [1.807, 2.05) is 6.92 Å². The van der Waals surface area contributed by atoms with E-state index in [0.717, 1.165) is 12.0 Å². The standard InChI is InChI=1S/C14H17ClO4S/c1-10-5-6-12(13(15)8-10)14(16)19-9-11-4-2-3-7-20(11,17)18/h5-6,8,11H,2-4,7,9H2,1H3/t11-/m1/s1. The maximum atomic E-state index is 11.9. The van der Waals surface area contributed by atoms with Gasteiger partial charge in [0.25, 0.3) is 0 Å². The zero-order valence-electron chi connectivity index (χ0n) is 11.3. The average Bonchev–Trinajstić information content (AvgIpc) is 2.36. The van der Waals surface area contributed by atoms with Crippen molar-refractivity contribution in [2.24, 2.45) is 0 Å². The first-order chi connectivity index (χ1) is 9.40. The largest absolute Gasteiger partial charge is 0.461 e. The van der Waals surface area contributed by atoms with Gasteiger partial charge in [0.1, 0.15) is 6.61 Å². The highest BCUT2D eigenvalue weighted by atomic mass is 35.5. The number of carbonyl (C=O) groups is 1. The molecule has 1 aromatic carbocycles. The lowest BCUT2D eigenvalue weighted by Crippen LogP contribution is -2.33. The molecule has 0 saturated carbocycles. The Bertz CT molecular complexity index is 610. The van der Waals surface area contributed by atoms with Crippen molar-refractivity contribution in [2.75, 3.05) is 12.4 Å². The van der Waals surface area contributed by atoms with E-state index in [1.54, 1.807) is 18.2 Å². The fourth-order valence-electron chi connectivity index (χ4n) is 2.24. The van der Waals surface area contributed by atoms with Crippen LogP contribution in [0.1, 0.15) is 35.2 Å². The minimum atomic E-state index is -3.13. The third-order valence-corrected chi connectivity index (χ3v) is 6.02. The number of hydrogen-bond donors (Lipinski definition) is 0. The average molecular weight is 317 g/mol. The molecule has 0 aliphatic carbocycles. The van der Waals surface area contributed by atoms with Gasteiger partial charge in [0, 0.05) is 0 Å². The van der Waals surface area contributed by atoms with Crippen LogP contribution in [-0.2, 0) is 14.6 Å². The number of aryl methyl sites for hydroxylation is 1. The number of benzene rings is 1. The first-order valence-corrected chi connectivity index (χ1v) is 8.64. The quantitative estimate of drug-likeness (QED) is 0.804.